The second-order valence-electron chi connectivity index (χ2n) is 3.83. The maximum atomic E-state index is 14.0. The number of nitrogens with zero attached hydrogens (tertiary/aromatic N) is 2. The molecule has 2 nitrogen and oxygen atoms in total. The molecule has 0 fully saturated rings. The van der Waals surface area contributed by atoms with Crippen molar-refractivity contribution < 1.29 is 8.78 Å². The van der Waals surface area contributed by atoms with Crippen molar-refractivity contribution in [2.45, 2.75) is 0 Å². The Morgan fingerprint density at radius 1 is 1.24 bits per heavy atom. The van der Waals surface area contributed by atoms with E-state index in [9.17, 15) is 8.78 Å². The van der Waals surface area contributed by atoms with Gasteiger partial charge in [-0.2, -0.15) is 0 Å². The first kappa shape index (κ1) is 10.7. The van der Waals surface area contributed by atoms with E-state index < -0.39 is 11.6 Å². The van der Waals surface area contributed by atoms with Crippen molar-refractivity contribution in [3.8, 4) is 0 Å². The Balaban J connectivity index is 2.68. The summed E-state index contributed by atoms with van der Waals surface area (Å²) in [5.41, 5.74) is 1.46. The maximum absolute atomic E-state index is 14.0. The molecule has 3 aromatic rings. The fourth-order valence-electron chi connectivity index (χ4n) is 2.11. The van der Waals surface area contributed by atoms with E-state index in [2.05, 4.69) is 20.9 Å². The Bertz CT molecular complexity index is 749. The minimum absolute atomic E-state index is 0.126. The normalized spacial score (nSPS) is 11.5. The number of benzene rings is 1. The average molecular weight is 297 g/mol. The second kappa shape index (κ2) is 3.50. The molecule has 2 aromatic heterocycles. The molecule has 0 aliphatic carbocycles. The summed E-state index contributed by atoms with van der Waals surface area (Å²) in [7, 11) is 1.81. The van der Waals surface area contributed by atoms with Gasteiger partial charge in [0.1, 0.15) is 0 Å². The number of fused-ring (bicyclic) bond motifs is 3. The molecule has 0 saturated heterocycles. The van der Waals surface area contributed by atoms with Crippen molar-refractivity contribution in [1.29, 1.82) is 0 Å². The molecule has 2 heterocycles. The zero-order chi connectivity index (χ0) is 12.2. The average Bonchev–Trinajstić information content (AvgIpc) is 2.61. The van der Waals surface area contributed by atoms with Gasteiger partial charge in [-0.3, -0.25) is 4.98 Å². The summed E-state index contributed by atoms with van der Waals surface area (Å²) >= 11 is 3.01. The Morgan fingerprint density at radius 3 is 2.76 bits per heavy atom. The van der Waals surface area contributed by atoms with Gasteiger partial charge in [0.2, 0.25) is 0 Å². The summed E-state index contributed by atoms with van der Waals surface area (Å²) in [6.45, 7) is 0. The third kappa shape index (κ3) is 1.32. The number of rotatable bonds is 0. The van der Waals surface area contributed by atoms with Gasteiger partial charge in [0, 0.05) is 30.2 Å². The molecule has 17 heavy (non-hydrogen) atoms. The van der Waals surface area contributed by atoms with Gasteiger partial charge in [-0.1, -0.05) is 0 Å². The zero-order valence-electron chi connectivity index (χ0n) is 8.84. The fraction of sp³-hybridized carbons (Fsp3) is 0.0833. The minimum atomic E-state index is -0.867. The Labute approximate surface area is 104 Å². The molecule has 0 aliphatic rings. The molecule has 5 heteroatoms. The van der Waals surface area contributed by atoms with Gasteiger partial charge in [0.05, 0.1) is 15.5 Å². The predicted octanol–water partition coefficient (Wildman–Crippen LogP) is 3.77. The Hall–Kier alpha value is -1.49. The summed E-state index contributed by atoms with van der Waals surface area (Å²) in [5, 5.41) is 0.894. The Morgan fingerprint density at radius 2 is 2.00 bits per heavy atom. The van der Waals surface area contributed by atoms with Crippen LogP contribution < -0.4 is 0 Å². The first-order valence-electron chi connectivity index (χ1n) is 4.97. The molecular formula is C12H7BrF2N2. The van der Waals surface area contributed by atoms with Crippen molar-refractivity contribution in [2.24, 2.45) is 7.05 Å². The van der Waals surface area contributed by atoms with Crippen molar-refractivity contribution >= 4 is 37.7 Å². The molecule has 0 radical (unpaired) electrons. The van der Waals surface area contributed by atoms with Gasteiger partial charge in [-0.25, -0.2) is 8.78 Å². The largest absolute Gasteiger partial charge is 0.343 e. The smallest absolute Gasteiger partial charge is 0.173 e. The molecule has 0 bridgehead atoms. The quantitative estimate of drug-likeness (QED) is 0.578. The minimum Gasteiger partial charge on any atom is -0.343 e. The molecule has 0 spiro atoms. The van der Waals surface area contributed by atoms with Crippen molar-refractivity contribution in [3.63, 3.8) is 0 Å². The number of halogens is 3. The maximum Gasteiger partial charge on any atom is 0.173 e. The van der Waals surface area contributed by atoms with Crippen molar-refractivity contribution in [3.05, 3.63) is 40.6 Å². The standard InChI is InChI=1S/C12H7BrF2N2/c1-17-8-2-3-16-5-6(8)10-9(17)4-7(13)11(14)12(10)15/h2-5H,1H3. The molecule has 0 unspecified atom stereocenters. The highest BCUT2D eigenvalue weighted by Crippen LogP contribution is 2.33. The van der Waals surface area contributed by atoms with Crippen molar-refractivity contribution in [1.82, 2.24) is 9.55 Å². The van der Waals surface area contributed by atoms with E-state index in [0.717, 1.165) is 5.52 Å². The predicted molar refractivity (Wildman–Crippen MR) is 65.8 cm³/mol. The fourth-order valence-corrected chi connectivity index (χ4v) is 2.50. The van der Waals surface area contributed by atoms with Crippen LogP contribution in [0.4, 0.5) is 8.78 Å². The summed E-state index contributed by atoms with van der Waals surface area (Å²) in [6.07, 6.45) is 3.18. The van der Waals surface area contributed by atoms with Gasteiger partial charge in [0.25, 0.3) is 0 Å². The molecule has 1 aromatic carbocycles. The van der Waals surface area contributed by atoms with E-state index in [4.69, 9.17) is 0 Å². The number of hydrogen-bond donors (Lipinski definition) is 0. The number of aryl methyl sites for hydroxylation is 1. The van der Waals surface area contributed by atoms with Crippen LogP contribution in [0.5, 0.6) is 0 Å². The highest BCUT2D eigenvalue weighted by molar-refractivity contribution is 9.10. The first-order valence-corrected chi connectivity index (χ1v) is 5.76. The van der Waals surface area contributed by atoms with Crippen LogP contribution in [-0.4, -0.2) is 9.55 Å². The van der Waals surface area contributed by atoms with E-state index in [1.807, 2.05) is 11.6 Å². The molecule has 0 aliphatic heterocycles. The molecule has 0 atom stereocenters. The van der Waals surface area contributed by atoms with Crippen LogP contribution in [0, 0.1) is 11.6 Å². The van der Waals surface area contributed by atoms with Crippen LogP contribution in [0.15, 0.2) is 29.0 Å². The second-order valence-corrected chi connectivity index (χ2v) is 4.69. The van der Waals surface area contributed by atoms with Crippen LogP contribution in [0.1, 0.15) is 0 Å². The zero-order valence-corrected chi connectivity index (χ0v) is 10.4. The topological polar surface area (TPSA) is 17.8 Å². The van der Waals surface area contributed by atoms with Gasteiger partial charge in [-0.15, -0.1) is 0 Å². The number of aromatic nitrogens is 2. The van der Waals surface area contributed by atoms with Gasteiger partial charge < -0.3 is 4.57 Å². The third-order valence-corrected chi connectivity index (χ3v) is 3.51. The van der Waals surface area contributed by atoms with Crippen molar-refractivity contribution in [2.75, 3.05) is 0 Å². The van der Waals surface area contributed by atoms with E-state index in [1.165, 1.54) is 0 Å². The lowest BCUT2D eigenvalue weighted by atomic mass is 10.2. The molecule has 0 N–H and O–H groups in total. The van der Waals surface area contributed by atoms with E-state index >= 15 is 0 Å². The highest BCUT2D eigenvalue weighted by Gasteiger charge is 2.18. The third-order valence-electron chi connectivity index (χ3n) is 2.93. The molecular weight excluding hydrogens is 290 g/mol. The van der Waals surface area contributed by atoms with Crippen LogP contribution in [0.2, 0.25) is 0 Å². The van der Waals surface area contributed by atoms with E-state index in [1.54, 1.807) is 24.5 Å². The summed E-state index contributed by atoms with van der Waals surface area (Å²) in [6, 6.07) is 3.36. The molecule has 3 rings (SSSR count). The Kier molecular flexibility index (Phi) is 2.19. The number of pyridine rings is 1. The van der Waals surface area contributed by atoms with Gasteiger partial charge in [0.15, 0.2) is 11.6 Å². The van der Waals surface area contributed by atoms with Gasteiger partial charge >= 0.3 is 0 Å². The summed E-state index contributed by atoms with van der Waals surface area (Å²) in [5.74, 6) is -1.71. The van der Waals surface area contributed by atoms with Gasteiger partial charge in [-0.05, 0) is 28.1 Å². The van der Waals surface area contributed by atoms with Crippen LogP contribution in [0.25, 0.3) is 21.8 Å². The summed E-state index contributed by atoms with van der Waals surface area (Å²) < 4.78 is 29.4. The van der Waals surface area contributed by atoms with Crippen LogP contribution >= 0.6 is 15.9 Å². The lowest BCUT2D eigenvalue weighted by Gasteiger charge is -2.01. The lowest BCUT2D eigenvalue weighted by molar-refractivity contribution is 0.513. The molecule has 86 valence electrons. The SMILES string of the molecule is Cn1c2ccncc2c2c(F)c(F)c(Br)cc21. The van der Waals surface area contributed by atoms with E-state index in [0.29, 0.717) is 10.9 Å². The highest BCUT2D eigenvalue weighted by atomic mass is 79.9. The van der Waals surface area contributed by atoms with Crippen LogP contribution in [-0.2, 0) is 7.05 Å². The van der Waals surface area contributed by atoms with Crippen LogP contribution in [0.3, 0.4) is 0 Å². The summed E-state index contributed by atoms with van der Waals surface area (Å²) in [4.78, 5) is 3.96. The van der Waals surface area contributed by atoms with E-state index in [-0.39, 0.29) is 9.86 Å². The molecule has 0 saturated carbocycles. The molecule has 0 amide bonds. The first-order chi connectivity index (χ1) is 8.11. The monoisotopic (exact) mass is 296 g/mol. The number of hydrogen-bond acceptors (Lipinski definition) is 1. The lowest BCUT2D eigenvalue weighted by Crippen LogP contribution is -1.90.